The Balaban J connectivity index is 1.54. The van der Waals surface area contributed by atoms with Gasteiger partial charge in [-0.3, -0.25) is 4.68 Å². The maximum Gasteiger partial charge on any atom is 0.178 e. The van der Waals surface area contributed by atoms with Gasteiger partial charge in [0, 0.05) is 18.8 Å². The molecule has 0 amide bonds. The molecule has 0 bridgehead atoms. The zero-order chi connectivity index (χ0) is 23.3. The summed E-state index contributed by atoms with van der Waals surface area (Å²) in [6.45, 7) is 6.21. The molecule has 1 aromatic carbocycles. The number of nitrogens with one attached hydrogen (secondary N) is 2. The third-order valence-electron chi connectivity index (χ3n) is 6.33. The number of fused-ring (bicyclic) bond motifs is 2. The van der Waals surface area contributed by atoms with Gasteiger partial charge in [0.1, 0.15) is 17.8 Å². The Morgan fingerprint density at radius 3 is 2.73 bits per heavy atom. The minimum atomic E-state index is -3.23. The summed E-state index contributed by atoms with van der Waals surface area (Å²) < 4.78 is 27.1. The first-order valence-corrected chi connectivity index (χ1v) is 12.8. The number of hydrogen-bond acceptors (Lipinski definition) is 6. The monoisotopic (exact) mass is 464 g/mol. The van der Waals surface area contributed by atoms with E-state index in [-0.39, 0.29) is 17.7 Å². The molecule has 4 aromatic rings. The SMILES string of the molecule is Cc1nn(C)cc1-c1cc2c(N[C@H](c3ccc4c(c3)S(=O)(=O)CCC4)C(C)C)ncnc2[nH]1. The van der Waals surface area contributed by atoms with Gasteiger partial charge >= 0.3 is 0 Å². The molecule has 8 nitrogen and oxygen atoms in total. The Labute approximate surface area is 193 Å². The first kappa shape index (κ1) is 21.6. The van der Waals surface area contributed by atoms with E-state index in [1.54, 1.807) is 4.68 Å². The van der Waals surface area contributed by atoms with E-state index in [0.29, 0.717) is 17.1 Å². The molecular weight excluding hydrogens is 436 g/mol. The third kappa shape index (κ3) is 3.90. The maximum atomic E-state index is 12.7. The molecular formula is C24H28N6O2S. The van der Waals surface area contributed by atoms with E-state index < -0.39 is 9.84 Å². The van der Waals surface area contributed by atoms with Crippen molar-refractivity contribution in [1.82, 2.24) is 24.7 Å². The van der Waals surface area contributed by atoms with Crippen LogP contribution in [-0.2, 0) is 23.3 Å². The van der Waals surface area contributed by atoms with E-state index in [2.05, 4.69) is 39.2 Å². The van der Waals surface area contributed by atoms with E-state index in [9.17, 15) is 8.42 Å². The van der Waals surface area contributed by atoms with Crippen LogP contribution in [0.2, 0.25) is 0 Å². The van der Waals surface area contributed by atoms with Crippen LogP contribution in [-0.4, -0.2) is 38.9 Å². The summed E-state index contributed by atoms with van der Waals surface area (Å²) in [6, 6.07) is 7.78. The Morgan fingerprint density at radius 2 is 2.00 bits per heavy atom. The molecule has 1 atom stereocenters. The van der Waals surface area contributed by atoms with Crippen molar-refractivity contribution in [2.45, 2.75) is 44.6 Å². The van der Waals surface area contributed by atoms with Crippen molar-refractivity contribution in [2.75, 3.05) is 11.1 Å². The molecule has 9 heteroatoms. The lowest BCUT2D eigenvalue weighted by atomic mass is 9.94. The van der Waals surface area contributed by atoms with Crippen molar-refractivity contribution in [3.8, 4) is 11.3 Å². The smallest absolute Gasteiger partial charge is 0.178 e. The number of rotatable bonds is 5. The van der Waals surface area contributed by atoms with Gasteiger partial charge in [0.25, 0.3) is 0 Å². The zero-order valence-corrected chi connectivity index (χ0v) is 20.1. The van der Waals surface area contributed by atoms with Gasteiger partial charge in [-0.1, -0.05) is 26.0 Å². The van der Waals surface area contributed by atoms with Crippen LogP contribution in [0.3, 0.4) is 0 Å². The van der Waals surface area contributed by atoms with Crippen molar-refractivity contribution in [3.63, 3.8) is 0 Å². The first-order valence-electron chi connectivity index (χ1n) is 11.2. The van der Waals surface area contributed by atoms with Gasteiger partial charge in [-0.25, -0.2) is 18.4 Å². The summed E-state index contributed by atoms with van der Waals surface area (Å²) in [6.07, 6.45) is 5.01. The van der Waals surface area contributed by atoms with Gasteiger partial charge in [0.05, 0.1) is 33.5 Å². The number of aromatic nitrogens is 5. The molecule has 1 aliphatic rings. The number of aryl methyl sites for hydroxylation is 3. The predicted octanol–water partition coefficient (Wildman–Crippen LogP) is 4.20. The molecule has 0 radical (unpaired) electrons. The summed E-state index contributed by atoms with van der Waals surface area (Å²) >= 11 is 0. The van der Waals surface area contributed by atoms with Crippen LogP contribution in [0.5, 0.6) is 0 Å². The number of sulfone groups is 1. The lowest BCUT2D eigenvalue weighted by Crippen LogP contribution is -2.20. The van der Waals surface area contributed by atoms with Crippen LogP contribution in [0, 0.1) is 12.8 Å². The van der Waals surface area contributed by atoms with Crippen LogP contribution < -0.4 is 5.32 Å². The normalized spacial score (nSPS) is 16.2. The second kappa shape index (κ2) is 7.98. The van der Waals surface area contributed by atoms with Crippen molar-refractivity contribution in [3.05, 3.63) is 53.6 Å². The summed E-state index contributed by atoms with van der Waals surface area (Å²) in [5.74, 6) is 1.14. The summed E-state index contributed by atoms with van der Waals surface area (Å²) in [4.78, 5) is 12.8. The van der Waals surface area contributed by atoms with Crippen LogP contribution >= 0.6 is 0 Å². The van der Waals surface area contributed by atoms with E-state index in [1.165, 1.54) is 6.33 Å². The van der Waals surface area contributed by atoms with Crippen molar-refractivity contribution in [1.29, 1.82) is 0 Å². The van der Waals surface area contributed by atoms with Crippen molar-refractivity contribution in [2.24, 2.45) is 13.0 Å². The fourth-order valence-corrected chi connectivity index (χ4v) is 6.30. The molecule has 3 aromatic heterocycles. The first-order chi connectivity index (χ1) is 15.7. The molecule has 172 valence electrons. The summed E-state index contributed by atoms with van der Waals surface area (Å²) in [5, 5.41) is 8.89. The van der Waals surface area contributed by atoms with E-state index in [1.807, 2.05) is 44.4 Å². The fourth-order valence-electron chi connectivity index (χ4n) is 4.67. The number of aromatic amines is 1. The topological polar surface area (TPSA) is 106 Å². The largest absolute Gasteiger partial charge is 0.362 e. The van der Waals surface area contributed by atoms with Gasteiger partial charge in [-0.05, 0) is 48.9 Å². The number of nitrogens with zero attached hydrogens (tertiary/aromatic N) is 4. The highest BCUT2D eigenvalue weighted by molar-refractivity contribution is 7.91. The van der Waals surface area contributed by atoms with Gasteiger partial charge in [-0.15, -0.1) is 0 Å². The Morgan fingerprint density at radius 1 is 1.18 bits per heavy atom. The molecule has 0 aliphatic carbocycles. The average molecular weight is 465 g/mol. The Hall–Kier alpha value is -3.20. The van der Waals surface area contributed by atoms with Gasteiger partial charge in [-0.2, -0.15) is 5.10 Å². The van der Waals surface area contributed by atoms with Crippen LogP contribution in [0.15, 0.2) is 41.7 Å². The Bertz CT molecular complexity index is 1450. The zero-order valence-electron chi connectivity index (χ0n) is 19.3. The van der Waals surface area contributed by atoms with Crippen molar-refractivity contribution >= 4 is 26.7 Å². The quantitative estimate of drug-likeness (QED) is 0.459. The standard InChI is InChI=1S/C24H28N6O2S/c1-14(2)22(17-8-7-16-6-5-9-33(31,32)21(16)10-17)28-24-18-11-20(27-23(18)25-13-26-24)19-12-30(4)29-15(19)3/h7-8,10-14,22H,5-6,9H2,1-4H3,(H2,25,26,27,28)/t22-/m0/s1. The number of H-pyrrole nitrogens is 1. The molecule has 1 aliphatic heterocycles. The molecule has 0 saturated heterocycles. The summed E-state index contributed by atoms with van der Waals surface area (Å²) in [5.41, 5.74) is 5.48. The number of anilines is 1. The lowest BCUT2D eigenvalue weighted by molar-refractivity contribution is 0.542. The molecule has 4 heterocycles. The second-order valence-corrected chi connectivity index (χ2v) is 11.2. The molecule has 0 fully saturated rings. The van der Waals surface area contributed by atoms with E-state index in [4.69, 9.17) is 0 Å². The fraction of sp³-hybridized carbons (Fsp3) is 0.375. The highest BCUT2D eigenvalue weighted by atomic mass is 32.2. The second-order valence-electron chi connectivity index (χ2n) is 9.13. The van der Waals surface area contributed by atoms with E-state index in [0.717, 1.165) is 45.5 Å². The average Bonchev–Trinajstić information content (AvgIpc) is 3.34. The lowest BCUT2D eigenvalue weighted by Gasteiger charge is -2.26. The van der Waals surface area contributed by atoms with Gasteiger partial charge < -0.3 is 10.3 Å². The van der Waals surface area contributed by atoms with Crippen LogP contribution in [0.4, 0.5) is 5.82 Å². The molecule has 0 saturated carbocycles. The molecule has 0 spiro atoms. The molecule has 33 heavy (non-hydrogen) atoms. The minimum absolute atomic E-state index is 0.107. The predicted molar refractivity (Wildman–Crippen MR) is 129 cm³/mol. The third-order valence-corrected chi connectivity index (χ3v) is 8.21. The summed E-state index contributed by atoms with van der Waals surface area (Å²) in [7, 11) is -1.33. The minimum Gasteiger partial charge on any atom is -0.362 e. The number of benzene rings is 1. The molecule has 5 rings (SSSR count). The van der Waals surface area contributed by atoms with Crippen LogP contribution in [0.1, 0.15) is 43.1 Å². The Kier molecular flexibility index (Phi) is 5.23. The highest BCUT2D eigenvalue weighted by Crippen LogP contribution is 2.34. The van der Waals surface area contributed by atoms with Gasteiger partial charge in [0.2, 0.25) is 0 Å². The number of hydrogen-bond donors (Lipinski definition) is 2. The highest BCUT2D eigenvalue weighted by Gasteiger charge is 2.26. The van der Waals surface area contributed by atoms with Crippen molar-refractivity contribution < 1.29 is 8.42 Å². The maximum absolute atomic E-state index is 12.7. The molecule has 0 unspecified atom stereocenters. The molecule has 2 N–H and O–H groups in total. The van der Waals surface area contributed by atoms with Crippen LogP contribution in [0.25, 0.3) is 22.3 Å². The van der Waals surface area contributed by atoms with Gasteiger partial charge in [0.15, 0.2) is 9.84 Å². The van der Waals surface area contributed by atoms with E-state index >= 15 is 0 Å².